The van der Waals surface area contributed by atoms with Gasteiger partial charge in [0.1, 0.15) is 0 Å². The highest BCUT2D eigenvalue weighted by Gasteiger charge is 2.47. The molecule has 0 saturated heterocycles. The summed E-state index contributed by atoms with van der Waals surface area (Å²) in [7, 11) is 0. The Hall–Kier alpha value is -2.87. The van der Waals surface area contributed by atoms with Crippen molar-refractivity contribution >= 4 is 50.6 Å². The molecule has 3 aromatic carbocycles. The summed E-state index contributed by atoms with van der Waals surface area (Å²) in [4.78, 5) is 19.3. The average molecular weight is 512 g/mol. The Morgan fingerprint density at radius 2 is 1.50 bits per heavy atom. The lowest BCUT2D eigenvalue weighted by Gasteiger charge is -2.26. The van der Waals surface area contributed by atoms with Gasteiger partial charge in [-0.05, 0) is 95.3 Å². The third-order valence-corrected chi connectivity index (χ3v) is 7.39. The van der Waals surface area contributed by atoms with Gasteiger partial charge in [-0.25, -0.2) is 0 Å². The third-order valence-electron chi connectivity index (χ3n) is 6.13. The van der Waals surface area contributed by atoms with Crippen molar-refractivity contribution in [2.75, 3.05) is 10.0 Å². The molecule has 6 nitrogen and oxygen atoms in total. The fraction of sp³-hybridized carbons (Fsp3) is 0.167. The smallest absolute Gasteiger partial charge is 0.267 e. The molecule has 0 saturated carbocycles. The van der Waals surface area contributed by atoms with Crippen LogP contribution < -0.4 is 10.0 Å². The molecule has 0 unspecified atom stereocenters. The molecule has 0 aliphatic carbocycles. The summed E-state index contributed by atoms with van der Waals surface area (Å²) in [6, 6.07) is 15.0. The second kappa shape index (κ2) is 7.62. The third kappa shape index (κ3) is 2.88. The molecule has 3 aromatic rings. The van der Waals surface area contributed by atoms with E-state index < -0.39 is 0 Å². The van der Waals surface area contributed by atoms with Crippen LogP contribution in [0.1, 0.15) is 38.2 Å². The number of hydrogen-bond donors (Lipinski definition) is 0. The number of fused-ring (bicyclic) bond motifs is 3. The standard InChI is InChI=1S/C24H20BrClN4O2/c1-13-15(3)22(26)16(4)14(2)21(13)23-27-32-30-28(23)19-11-7-8-12-20(19)29(30)24(31)17-9-5-6-10-18(17)25/h5-12H,1-4H3. The second-order valence-electron chi connectivity index (χ2n) is 7.84. The molecular weight excluding hydrogens is 492 g/mol. The Morgan fingerprint density at radius 1 is 0.906 bits per heavy atom. The van der Waals surface area contributed by atoms with E-state index in [4.69, 9.17) is 16.5 Å². The van der Waals surface area contributed by atoms with E-state index in [0.717, 1.165) is 38.5 Å². The predicted octanol–water partition coefficient (Wildman–Crippen LogP) is 6.24. The average Bonchev–Trinajstić information content (AvgIpc) is 3.35. The number of benzene rings is 3. The number of hydrazine groups is 2. The van der Waals surface area contributed by atoms with Crippen LogP contribution in [0.5, 0.6) is 0 Å². The summed E-state index contributed by atoms with van der Waals surface area (Å²) in [6.07, 6.45) is 0. The minimum Gasteiger partial charge on any atom is -0.267 e. The topological polar surface area (TPSA) is 48.4 Å². The molecule has 2 aliphatic rings. The first-order valence-electron chi connectivity index (χ1n) is 10.1. The van der Waals surface area contributed by atoms with Crippen LogP contribution in [0.15, 0.2) is 58.2 Å². The van der Waals surface area contributed by atoms with Crippen molar-refractivity contribution in [3.05, 3.63) is 91.4 Å². The number of carbonyl (C=O) groups is 1. The van der Waals surface area contributed by atoms with Gasteiger partial charge in [-0.1, -0.05) is 35.9 Å². The van der Waals surface area contributed by atoms with E-state index in [1.165, 1.54) is 10.3 Å². The van der Waals surface area contributed by atoms with Gasteiger partial charge in [-0.3, -0.25) is 9.73 Å². The van der Waals surface area contributed by atoms with Crippen LogP contribution in [0.25, 0.3) is 0 Å². The van der Waals surface area contributed by atoms with E-state index in [2.05, 4.69) is 21.1 Å². The maximum Gasteiger partial charge on any atom is 0.278 e. The van der Waals surface area contributed by atoms with Crippen LogP contribution in [0, 0.1) is 27.7 Å². The van der Waals surface area contributed by atoms with E-state index >= 15 is 0 Å². The zero-order valence-corrected chi connectivity index (χ0v) is 20.3. The summed E-state index contributed by atoms with van der Waals surface area (Å²) < 4.78 is 0.705. The van der Waals surface area contributed by atoms with Crippen LogP contribution in [-0.4, -0.2) is 17.0 Å². The number of amidine groups is 1. The molecule has 32 heavy (non-hydrogen) atoms. The molecule has 5 rings (SSSR count). The minimum atomic E-state index is -0.235. The van der Waals surface area contributed by atoms with Crippen molar-refractivity contribution in [2.24, 2.45) is 5.16 Å². The van der Waals surface area contributed by atoms with Gasteiger partial charge in [0.05, 0.1) is 22.2 Å². The van der Waals surface area contributed by atoms with Gasteiger partial charge in [0, 0.05) is 15.1 Å². The molecule has 2 aliphatic heterocycles. The fourth-order valence-electron chi connectivity index (χ4n) is 4.17. The van der Waals surface area contributed by atoms with Crippen molar-refractivity contribution in [3.63, 3.8) is 0 Å². The number of para-hydroxylation sites is 2. The van der Waals surface area contributed by atoms with Crippen LogP contribution in [-0.2, 0) is 4.94 Å². The fourth-order valence-corrected chi connectivity index (χ4v) is 4.91. The Kier molecular flexibility index (Phi) is 5.00. The number of halogens is 2. The first-order chi connectivity index (χ1) is 15.3. The van der Waals surface area contributed by atoms with Crippen molar-refractivity contribution in [1.82, 2.24) is 5.28 Å². The molecule has 2 heterocycles. The normalized spacial score (nSPS) is 14.9. The summed E-state index contributed by atoms with van der Waals surface area (Å²) in [5.74, 6) is 0.374. The van der Waals surface area contributed by atoms with Gasteiger partial charge in [0.25, 0.3) is 5.91 Å². The Bertz CT molecular complexity index is 1290. The molecule has 0 aromatic heterocycles. The van der Waals surface area contributed by atoms with Crippen LogP contribution in [0.4, 0.5) is 11.4 Å². The van der Waals surface area contributed by atoms with Crippen molar-refractivity contribution in [3.8, 4) is 0 Å². The highest BCUT2D eigenvalue weighted by atomic mass is 79.9. The molecule has 162 valence electrons. The largest absolute Gasteiger partial charge is 0.278 e. The first kappa shape index (κ1) is 21.0. The van der Waals surface area contributed by atoms with Crippen LogP contribution in [0.2, 0.25) is 5.02 Å². The zero-order chi connectivity index (χ0) is 22.7. The lowest BCUT2D eigenvalue weighted by atomic mass is 9.93. The monoisotopic (exact) mass is 510 g/mol. The maximum absolute atomic E-state index is 13.6. The Balaban J connectivity index is 1.65. The van der Waals surface area contributed by atoms with E-state index in [1.807, 2.05) is 75.2 Å². The molecule has 0 fully saturated rings. The molecule has 1 amide bonds. The lowest BCUT2D eigenvalue weighted by molar-refractivity contribution is -0.135. The van der Waals surface area contributed by atoms with Gasteiger partial charge >= 0.3 is 0 Å². The van der Waals surface area contributed by atoms with Crippen LogP contribution >= 0.6 is 27.5 Å². The number of carbonyl (C=O) groups excluding carboxylic acids is 1. The van der Waals surface area contributed by atoms with Gasteiger partial charge in [-0.15, -0.1) is 0 Å². The van der Waals surface area contributed by atoms with Crippen molar-refractivity contribution in [1.29, 1.82) is 0 Å². The zero-order valence-electron chi connectivity index (χ0n) is 18.0. The summed E-state index contributed by atoms with van der Waals surface area (Å²) in [5.41, 5.74) is 7.01. The SMILES string of the molecule is Cc1c(C)c(C2=NON3N(C(=O)c4ccccc4Br)c4ccccc4N23)c(C)c(C)c1Cl. The van der Waals surface area contributed by atoms with Gasteiger partial charge in [0.15, 0.2) is 0 Å². The Labute approximate surface area is 199 Å². The number of anilines is 2. The van der Waals surface area contributed by atoms with E-state index in [1.54, 1.807) is 6.07 Å². The molecule has 0 spiro atoms. The number of rotatable bonds is 2. The predicted molar refractivity (Wildman–Crippen MR) is 130 cm³/mol. The van der Waals surface area contributed by atoms with Gasteiger partial charge in [-0.2, -0.15) is 10.0 Å². The van der Waals surface area contributed by atoms with Crippen LogP contribution in [0.3, 0.4) is 0 Å². The van der Waals surface area contributed by atoms with Crippen molar-refractivity contribution in [2.45, 2.75) is 27.7 Å². The summed E-state index contributed by atoms with van der Waals surface area (Å²) in [5, 5.41) is 9.87. The number of amides is 1. The molecule has 0 bridgehead atoms. The van der Waals surface area contributed by atoms with E-state index in [0.29, 0.717) is 21.6 Å². The highest BCUT2D eigenvalue weighted by molar-refractivity contribution is 9.10. The molecular formula is C24H20BrClN4O2. The molecule has 0 atom stereocenters. The number of hydrogen-bond acceptors (Lipinski definition) is 5. The summed E-state index contributed by atoms with van der Waals surface area (Å²) in [6.45, 7) is 8.06. The highest BCUT2D eigenvalue weighted by Crippen LogP contribution is 2.44. The van der Waals surface area contributed by atoms with Gasteiger partial charge in [0.2, 0.25) is 5.84 Å². The van der Waals surface area contributed by atoms with Crippen molar-refractivity contribution < 1.29 is 9.73 Å². The van der Waals surface area contributed by atoms with E-state index in [9.17, 15) is 4.79 Å². The number of oxime groups is 1. The summed E-state index contributed by atoms with van der Waals surface area (Å²) >= 11 is 10.0. The van der Waals surface area contributed by atoms with Gasteiger partial charge < -0.3 is 0 Å². The molecule has 8 heteroatoms. The first-order valence-corrected chi connectivity index (χ1v) is 11.3. The lowest BCUT2D eigenvalue weighted by Crippen LogP contribution is -2.49. The maximum atomic E-state index is 13.6. The minimum absolute atomic E-state index is 0.235. The number of nitrogens with zero attached hydrogens (tertiary/aromatic N) is 4. The quantitative estimate of drug-likeness (QED) is 0.408. The van der Waals surface area contributed by atoms with E-state index in [-0.39, 0.29) is 5.91 Å². The molecule has 0 radical (unpaired) electrons. The second-order valence-corrected chi connectivity index (χ2v) is 9.07. The molecule has 0 N–H and O–H groups in total. The Morgan fingerprint density at radius 3 is 2.16 bits per heavy atom.